The van der Waals surface area contributed by atoms with Gasteiger partial charge in [-0.05, 0) is 65.2 Å². The lowest BCUT2D eigenvalue weighted by Crippen LogP contribution is -1.96. The lowest BCUT2D eigenvalue weighted by molar-refractivity contribution is 0.668. The number of nitrogens with zero attached hydrogens (tertiary/aromatic N) is 1. The Bertz CT molecular complexity index is 1840. The van der Waals surface area contributed by atoms with Crippen LogP contribution in [-0.2, 0) is 6.54 Å². The van der Waals surface area contributed by atoms with E-state index < -0.39 is 0 Å². The smallest absolute Gasteiger partial charge is 0.135 e. The van der Waals surface area contributed by atoms with Crippen LogP contribution in [0.3, 0.4) is 0 Å². The first-order valence-electron chi connectivity index (χ1n) is 11.5. The van der Waals surface area contributed by atoms with Gasteiger partial charge in [0.25, 0.3) is 0 Å². The second-order valence-corrected chi connectivity index (χ2v) is 8.73. The van der Waals surface area contributed by atoms with Crippen LogP contribution in [-0.4, -0.2) is 4.57 Å². The molecule has 0 aliphatic heterocycles. The Morgan fingerprint density at radius 2 is 1.32 bits per heavy atom. The zero-order chi connectivity index (χ0) is 22.6. The minimum atomic E-state index is 0.487. The maximum Gasteiger partial charge on any atom is 0.135 e. The Balaban J connectivity index is 1.48. The van der Waals surface area contributed by atoms with Crippen LogP contribution in [0.25, 0.3) is 60.6 Å². The molecule has 2 heterocycles. The molecule has 162 valence electrons. The van der Waals surface area contributed by atoms with Gasteiger partial charge < -0.3 is 14.7 Å². The van der Waals surface area contributed by atoms with Crippen molar-refractivity contribution in [3.63, 3.8) is 0 Å². The number of benzene rings is 5. The third kappa shape index (κ3) is 2.74. The van der Waals surface area contributed by atoms with E-state index >= 15 is 0 Å². The normalized spacial score (nSPS) is 11.8. The summed E-state index contributed by atoms with van der Waals surface area (Å²) in [5.41, 5.74) is 14.9. The summed E-state index contributed by atoms with van der Waals surface area (Å²) in [6.45, 7) is 0.487. The Morgan fingerprint density at radius 1 is 0.588 bits per heavy atom. The van der Waals surface area contributed by atoms with E-state index in [1.165, 1.54) is 38.6 Å². The molecule has 0 bridgehead atoms. The Kier molecular flexibility index (Phi) is 4.14. The van der Waals surface area contributed by atoms with Gasteiger partial charge in [0.1, 0.15) is 11.2 Å². The molecular formula is C31H22N2O. The molecule has 0 atom stereocenters. The van der Waals surface area contributed by atoms with E-state index in [4.69, 9.17) is 10.2 Å². The molecule has 0 saturated heterocycles. The molecule has 7 aromatic rings. The summed E-state index contributed by atoms with van der Waals surface area (Å²) in [5, 5.41) is 4.73. The highest BCUT2D eigenvalue weighted by atomic mass is 16.3. The lowest BCUT2D eigenvalue weighted by Gasteiger charge is -2.08. The standard InChI is InChI=1S/C31H22N2O/c32-19-22-7-6-12-30-31(22)26-18-21(14-16-29(26)34-30)20-13-15-28-25(17-20)24-10-4-5-11-27(24)33(28)23-8-2-1-3-9-23/h1-18H,19,32H2. The number of hydrogen-bond donors (Lipinski definition) is 1. The largest absolute Gasteiger partial charge is 0.456 e. The summed E-state index contributed by atoms with van der Waals surface area (Å²) in [7, 11) is 0. The summed E-state index contributed by atoms with van der Waals surface area (Å²) in [6.07, 6.45) is 0. The molecule has 0 aliphatic carbocycles. The van der Waals surface area contributed by atoms with E-state index in [0.717, 1.165) is 27.5 Å². The zero-order valence-corrected chi connectivity index (χ0v) is 18.5. The van der Waals surface area contributed by atoms with Gasteiger partial charge in [-0.1, -0.05) is 60.7 Å². The number of nitrogens with two attached hydrogens (primary N) is 1. The van der Waals surface area contributed by atoms with E-state index in [1.807, 2.05) is 12.1 Å². The van der Waals surface area contributed by atoms with Crippen molar-refractivity contribution >= 4 is 43.7 Å². The molecule has 5 aromatic carbocycles. The van der Waals surface area contributed by atoms with Crippen molar-refractivity contribution in [3.8, 4) is 16.8 Å². The molecule has 0 unspecified atom stereocenters. The number of fused-ring (bicyclic) bond motifs is 6. The summed E-state index contributed by atoms with van der Waals surface area (Å²) in [4.78, 5) is 0. The van der Waals surface area contributed by atoms with Crippen molar-refractivity contribution in [2.75, 3.05) is 0 Å². The number of hydrogen-bond acceptors (Lipinski definition) is 2. The molecular weight excluding hydrogens is 416 g/mol. The lowest BCUT2D eigenvalue weighted by atomic mass is 9.99. The minimum Gasteiger partial charge on any atom is -0.456 e. The van der Waals surface area contributed by atoms with E-state index in [0.29, 0.717) is 6.54 Å². The van der Waals surface area contributed by atoms with E-state index in [1.54, 1.807) is 0 Å². The van der Waals surface area contributed by atoms with Crippen molar-refractivity contribution < 1.29 is 4.42 Å². The summed E-state index contributed by atoms with van der Waals surface area (Å²) >= 11 is 0. The minimum absolute atomic E-state index is 0.487. The average Bonchev–Trinajstić information content (AvgIpc) is 3.44. The summed E-state index contributed by atoms with van der Waals surface area (Å²) < 4.78 is 8.45. The number of aromatic nitrogens is 1. The second-order valence-electron chi connectivity index (χ2n) is 8.73. The van der Waals surface area contributed by atoms with Crippen LogP contribution in [0.15, 0.2) is 114 Å². The zero-order valence-electron chi connectivity index (χ0n) is 18.5. The van der Waals surface area contributed by atoms with Crippen LogP contribution in [0.4, 0.5) is 0 Å². The quantitative estimate of drug-likeness (QED) is 0.306. The molecule has 34 heavy (non-hydrogen) atoms. The first-order valence-corrected chi connectivity index (χ1v) is 11.5. The monoisotopic (exact) mass is 438 g/mol. The fourth-order valence-electron chi connectivity index (χ4n) is 5.26. The Hall–Kier alpha value is -4.34. The summed E-state index contributed by atoms with van der Waals surface area (Å²) in [5.74, 6) is 0. The molecule has 0 saturated carbocycles. The first kappa shape index (κ1) is 19.2. The molecule has 3 nitrogen and oxygen atoms in total. The van der Waals surface area contributed by atoms with Crippen molar-refractivity contribution in [2.45, 2.75) is 6.54 Å². The fraction of sp³-hybridized carbons (Fsp3) is 0.0323. The molecule has 0 radical (unpaired) electrons. The van der Waals surface area contributed by atoms with Gasteiger partial charge in [0.05, 0.1) is 11.0 Å². The van der Waals surface area contributed by atoms with Gasteiger partial charge >= 0.3 is 0 Å². The van der Waals surface area contributed by atoms with E-state index in [2.05, 4.69) is 102 Å². The number of para-hydroxylation sites is 2. The SMILES string of the molecule is NCc1cccc2oc3ccc(-c4ccc5c(c4)c4ccccc4n5-c4ccccc4)cc3c12. The van der Waals surface area contributed by atoms with Gasteiger partial charge in [-0.25, -0.2) is 0 Å². The topological polar surface area (TPSA) is 44.1 Å². The van der Waals surface area contributed by atoms with Gasteiger partial charge in [0, 0.05) is 33.8 Å². The Labute approximate surface area is 196 Å². The van der Waals surface area contributed by atoms with Gasteiger partial charge in [0.2, 0.25) is 0 Å². The van der Waals surface area contributed by atoms with Crippen LogP contribution in [0, 0.1) is 0 Å². The van der Waals surface area contributed by atoms with Gasteiger partial charge in [-0.2, -0.15) is 0 Å². The van der Waals surface area contributed by atoms with Crippen molar-refractivity contribution in [3.05, 3.63) is 115 Å². The molecule has 0 amide bonds. The van der Waals surface area contributed by atoms with Gasteiger partial charge in [0.15, 0.2) is 0 Å². The third-order valence-corrected chi connectivity index (χ3v) is 6.82. The van der Waals surface area contributed by atoms with Crippen molar-refractivity contribution in [1.82, 2.24) is 4.57 Å². The van der Waals surface area contributed by atoms with Crippen LogP contribution < -0.4 is 5.73 Å². The van der Waals surface area contributed by atoms with Crippen molar-refractivity contribution in [1.29, 1.82) is 0 Å². The average molecular weight is 439 g/mol. The van der Waals surface area contributed by atoms with Crippen LogP contribution in [0.1, 0.15) is 5.56 Å². The van der Waals surface area contributed by atoms with E-state index in [-0.39, 0.29) is 0 Å². The third-order valence-electron chi connectivity index (χ3n) is 6.82. The maximum absolute atomic E-state index is 6.11. The highest BCUT2D eigenvalue weighted by molar-refractivity contribution is 6.11. The fourth-order valence-corrected chi connectivity index (χ4v) is 5.26. The number of rotatable bonds is 3. The Morgan fingerprint density at radius 3 is 2.18 bits per heavy atom. The van der Waals surface area contributed by atoms with Crippen molar-refractivity contribution in [2.24, 2.45) is 5.73 Å². The van der Waals surface area contributed by atoms with Gasteiger partial charge in [-0.3, -0.25) is 0 Å². The van der Waals surface area contributed by atoms with Crippen LogP contribution in [0.5, 0.6) is 0 Å². The maximum atomic E-state index is 6.11. The van der Waals surface area contributed by atoms with E-state index in [9.17, 15) is 0 Å². The van der Waals surface area contributed by atoms with Gasteiger partial charge in [-0.15, -0.1) is 0 Å². The molecule has 2 aromatic heterocycles. The molecule has 7 rings (SSSR count). The van der Waals surface area contributed by atoms with Crippen LogP contribution >= 0.6 is 0 Å². The number of furan rings is 1. The molecule has 2 N–H and O–H groups in total. The highest BCUT2D eigenvalue weighted by Gasteiger charge is 2.15. The molecule has 0 fully saturated rings. The summed E-state index contributed by atoms with van der Waals surface area (Å²) in [6, 6.07) is 38.5. The second kappa shape index (κ2) is 7.34. The predicted octanol–water partition coefficient (Wildman–Crippen LogP) is 7.81. The molecule has 0 aliphatic rings. The van der Waals surface area contributed by atoms with Crippen LogP contribution in [0.2, 0.25) is 0 Å². The predicted molar refractivity (Wildman–Crippen MR) is 141 cm³/mol. The first-order chi connectivity index (χ1) is 16.8. The molecule has 0 spiro atoms. The highest BCUT2D eigenvalue weighted by Crippen LogP contribution is 2.37. The molecule has 3 heteroatoms.